The van der Waals surface area contributed by atoms with E-state index >= 15 is 9.59 Å². The molecule has 6 heteroatoms. The molecule has 10 aromatic rings. The molecule has 0 spiro atoms. The fourth-order valence-corrected chi connectivity index (χ4v) is 9.12. The summed E-state index contributed by atoms with van der Waals surface area (Å²) < 4.78 is 2.10. The Labute approximate surface area is 369 Å². The van der Waals surface area contributed by atoms with E-state index in [1.807, 2.05) is 140 Å². The fourth-order valence-electron chi connectivity index (χ4n) is 9.12. The fraction of sp³-hybridized carbons (Fsp3) is 0. The summed E-state index contributed by atoms with van der Waals surface area (Å²) in [5.74, 6) is -0.800. The van der Waals surface area contributed by atoms with Crippen molar-refractivity contribution in [3.05, 3.63) is 229 Å². The van der Waals surface area contributed by atoms with Gasteiger partial charge in [-0.05, 0) is 117 Å². The average Bonchev–Trinajstić information content (AvgIpc) is 3.83. The van der Waals surface area contributed by atoms with E-state index in [1.165, 1.54) is 4.90 Å². The molecule has 0 unspecified atom stereocenters. The van der Waals surface area contributed by atoms with Crippen LogP contribution in [0.4, 0.5) is 5.69 Å². The van der Waals surface area contributed by atoms with Crippen molar-refractivity contribution >= 4 is 39.3 Å². The molecule has 298 valence electrons. The van der Waals surface area contributed by atoms with Crippen LogP contribution in [0.5, 0.6) is 0 Å². The summed E-state index contributed by atoms with van der Waals surface area (Å²) in [5, 5.41) is 20.8. The molecule has 2 amide bonds. The van der Waals surface area contributed by atoms with Crippen molar-refractivity contribution in [2.45, 2.75) is 0 Å². The minimum atomic E-state index is -0.407. The number of rotatable bonds is 7. The number of imide groups is 1. The third-order valence-corrected chi connectivity index (χ3v) is 12.2. The first kappa shape index (κ1) is 37.9. The number of carbonyl (C=O) groups excluding carboxylic acids is 2. The van der Waals surface area contributed by atoms with Gasteiger partial charge in [0.1, 0.15) is 0 Å². The minimum absolute atomic E-state index is 0.323. The highest BCUT2D eigenvalue weighted by Gasteiger charge is 2.42. The number of benzene rings is 9. The van der Waals surface area contributed by atoms with Crippen molar-refractivity contribution in [1.82, 2.24) is 4.57 Å². The molecule has 6 nitrogen and oxygen atoms in total. The van der Waals surface area contributed by atoms with Gasteiger partial charge >= 0.3 is 0 Å². The van der Waals surface area contributed by atoms with Crippen molar-refractivity contribution in [2.24, 2.45) is 0 Å². The Balaban J connectivity index is 1.13. The molecule has 0 N–H and O–H groups in total. The molecule has 11 rings (SSSR count). The molecule has 0 bridgehead atoms. The van der Waals surface area contributed by atoms with Crippen LogP contribution in [0.1, 0.15) is 31.8 Å². The van der Waals surface area contributed by atoms with Crippen LogP contribution in [0.15, 0.2) is 206 Å². The second-order valence-electron chi connectivity index (χ2n) is 15.8. The number of hydrogen-bond acceptors (Lipinski definition) is 4. The van der Waals surface area contributed by atoms with Crippen molar-refractivity contribution in [1.29, 1.82) is 10.5 Å². The van der Waals surface area contributed by atoms with Crippen molar-refractivity contribution < 1.29 is 9.59 Å². The first-order valence-electron chi connectivity index (χ1n) is 20.9. The van der Waals surface area contributed by atoms with E-state index in [4.69, 9.17) is 0 Å². The van der Waals surface area contributed by atoms with Crippen LogP contribution in [-0.4, -0.2) is 16.4 Å². The molecule has 0 aliphatic carbocycles. The van der Waals surface area contributed by atoms with Gasteiger partial charge in [0.05, 0.1) is 56.8 Å². The Morgan fingerprint density at radius 2 is 0.797 bits per heavy atom. The summed E-state index contributed by atoms with van der Waals surface area (Å²) in [6.45, 7) is 0. The van der Waals surface area contributed by atoms with E-state index in [0.717, 1.165) is 77.4 Å². The van der Waals surface area contributed by atoms with E-state index in [1.54, 1.807) is 6.07 Å². The zero-order chi connectivity index (χ0) is 43.3. The maximum atomic E-state index is 15.5. The third-order valence-electron chi connectivity index (χ3n) is 12.2. The van der Waals surface area contributed by atoms with Crippen molar-refractivity contribution in [3.8, 4) is 73.5 Å². The standard InChI is InChI=1S/C58H34N4O2/c59-35-37-19-23-40(24-20-37)44-27-29-52-50(31-44)51-32-45(41-25-21-38(36-60)22-26-41)28-30-53(51)61(52)54-18-10-17-47-55(54)58(64)62(57(47)63)56-48(42-13-6-2-7-14-42)33-46(39-11-4-1-5-12-39)34-49(56)43-15-8-3-9-16-43/h1-34H. The number of aromatic nitrogens is 1. The first-order chi connectivity index (χ1) is 31.5. The van der Waals surface area contributed by atoms with E-state index in [9.17, 15) is 10.5 Å². The Hall–Kier alpha value is -9.10. The van der Waals surface area contributed by atoms with Crippen LogP contribution in [0.3, 0.4) is 0 Å². The molecule has 0 fully saturated rings. The van der Waals surface area contributed by atoms with Gasteiger partial charge in [-0.15, -0.1) is 0 Å². The molecule has 1 aliphatic rings. The molecular formula is C58H34N4O2. The molecule has 2 heterocycles. The molecule has 1 aromatic heterocycles. The number of hydrogen-bond donors (Lipinski definition) is 0. The van der Waals surface area contributed by atoms with Gasteiger partial charge in [0.25, 0.3) is 11.8 Å². The number of carbonyl (C=O) groups is 2. The third kappa shape index (κ3) is 6.26. The van der Waals surface area contributed by atoms with E-state index in [-0.39, 0.29) is 0 Å². The van der Waals surface area contributed by atoms with Gasteiger partial charge in [-0.2, -0.15) is 10.5 Å². The van der Waals surface area contributed by atoms with Gasteiger partial charge in [-0.3, -0.25) is 9.59 Å². The van der Waals surface area contributed by atoms with Crippen LogP contribution < -0.4 is 4.90 Å². The van der Waals surface area contributed by atoms with Gasteiger partial charge in [-0.1, -0.05) is 133 Å². The maximum Gasteiger partial charge on any atom is 0.268 e. The van der Waals surface area contributed by atoms with E-state index in [2.05, 4.69) is 77.4 Å². The normalized spacial score (nSPS) is 12.1. The highest BCUT2D eigenvalue weighted by atomic mass is 16.2. The predicted octanol–water partition coefficient (Wildman–Crippen LogP) is 13.7. The van der Waals surface area contributed by atoms with E-state index < -0.39 is 11.8 Å². The SMILES string of the molecule is N#Cc1ccc(-c2ccc3c(c2)c2cc(-c4ccc(C#N)cc4)ccc2n3-c2cccc3c2C(=O)N(c2c(-c4ccccc4)cc(-c4ccccc4)cc2-c2ccccc2)C3=O)cc1. The second kappa shape index (κ2) is 15.4. The van der Waals surface area contributed by atoms with Gasteiger partial charge in [-0.25, -0.2) is 4.90 Å². The number of nitriles is 2. The van der Waals surface area contributed by atoms with Crippen LogP contribution in [0.25, 0.3) is 83.1 Å². The summed E-state index contributed by atoms with van der Waals surface area (Å²) in [6, 6.07) is 71.7. The lowest BCUT2D eigenvalue weighted by Gasteiger charge is -2.24. The quantitative estimate of drug-likeness (QED) is 0.150. The number of amides is 2. The Kier molecular flexibility index (Phi) is 9.12. The molecule has 9 aromatic carbocycles. The highest BCUT2D eigenvalue weighted by Crippen LogP contribution is 2.47. The lowest BCUT2D eigenvalue weighted by Crippen LogP contribution is -2.30. The van der Waals surface area contributed by atoms with E-state index in [0.29, 0.717) is 33.6 Å². The van der Waals surface area contributed by atoms with Gasteiger partial charge in [0.15, 0.2) is 0 Å². The molecule has 0 radical (unpaired) electrons. The molecule has 1 aliphatic heterocycles. The lowest BCUT2D eigenvalue weighted by atomic mass is 9.90. The highest BCUT2D eigenvalue weighted by molar-refractivity contribution is 6.37. The molecular weight excluding hydrogens is 785 g/mol. The number of nitrogens with zero attached hydrogens (tertiary/aromatic N) is 4. The Morgan fingerprint density at radius 1 is 0.359 bits per heavy atom. The van der Waals surface area contributed by atoms with Crippen molar-refractivity contribution in [2.75, 3.05) is 4.90 Å². The summed E-state index contributed by atoms with van der Waals surface area (Å²) in [7, 11) is 0. The van der Waals surface area contributed by atoms with Gasteiger partial charge < -0.3 is 4.57 Å². The summed E-state index contributed by atoms with van der Waals surface area (Å²) >= 11 is 0. The topological polar surface area (TPSA) is 89.9 Å². The monoisotopic (exact) mass is 818 g/mol. The summed E-state index contributed by atoms with van der Waals surface area (Å²) in [4.78, 5) is 32.1. The molecule has 64 heavy (non-hydrogen) atoms. The first-order valence-corrected chi connectivity index (χ1v) is 20.9. The summed E-state index contributed by atoms with van der Waals surface area (Å²) in [6.07, 6.45) is 0. The van der Waals surface area contributed by atoms with Crippen LogP contribution in [0, 0.1) is 22.7 Å². The van der Waals surface area contributed by atoms with Crippen LogP contribution >= 0.6 is 0 Å². The van der Waals surface area contributed by atoms with Gasteiger partial charge in [0.2, 0.25) is 0 Å². The minimum Gasteiger partial charge on any atom is -0.308 e. The molecule has 0 saturated heterocycles. The van der Waals surface area contributed by atoms with Crippen LogP contribution in [0.2, 0.25) is 0 Å². The second-order valence-corrected chi connectivity index (χ2v) is 15.8. The zero-order valence-corrected chi connectivity index (χ0v) is 34.2. The zero-order valence-electron chi connectivity index (χ0n) is 34.2. The molecule has 0 saturated carbocycles. The van der Waals surface area contributed by atoms with Crippen LogP contribution in [-0.2, 0) is 0 Å². The maximum absolute atomic E-state index is 15.5. The average molecular weight is 819 g/mol. The van der Waals surface area contributed by atoms with Crippen molar-refractivity contribution in [3.63, 3.8) is 0 Å². The number of fused-ring (bicyclic) bond motifs is 4. The smallest absolute Gasteiger partial charge is 0.268 e. The summed E-state index contributed by atoms with van der Waals surface area (Å²) in [5.41, 5.74) is 13.8. The number of anilines is 1. The Bertz CT molecular complexity index is 3410. The Morgan fingerprint density at radius 3 is 1.27 bits per heavy atom. The largest absolute Gasteiger partial charge is 0.308 e. The lowest BCUT2D eigenvalue weighted by molar-refractivity contribution is 0.0926. The molecule has 0 atom stereocenters. The van der Waals surface area contributed by atoms with Gasteiger partial charge in [0, 0.05) is 21.9 Å². The predicted molar refractivity (Wildman–Crippen MR) is 255 cm³/mol.